The first-order chi connectivity index (χ1) is 12.6. The molecule has 26 heavy (non-hydrogen) atoms. The zero-order valence-electron chi connectivity index (χ0n) is 14.1. The maximum Gasteiger partial charge on any atom is 0.230 e. The Kier molecular flexibility index (Phi) is 4.88. The number of sulfonamides is 1. The van der Waals surface area contributed by atoms with E-state index in [1.165, 1.54) is 0 Å². The van der Waals surface area contributed by atoms with Gasteiger partial charge in [-0.05, 0) is 29.9 Å². The topological polar surface area (TPSA) is 76.3 Å². The summed E-state index contributed by atoms with van der Waals surface area (Å²) in [5.41, 5.74) is 0.812. The first-order valence-corrected chi connectivity index (χ1v) is 11.0. The van der Waals surface area contributed by atoms with Crippen molar-refractivity contribution in [1.29, 1.82) is 0 Å². The van der Waals surface area contributed by atoms with E-state index in [1.54, 1.807) is 15.6 Å². The van der Waals surface area contributed by atoms with Crippen molar-refractivity contribution in [3.63, 3.8) is 0 Å². The molecule has 1 fully saturated rings. The molecule has 4 rings (SSSR count). The van der Waals surface area contributed by atoms with Crippen LogP contribution >= 0.6 is 11.3 Å². The second kappa shape index (κ2) is 7.30. The van der Waals surface area contributed by atoms with Crippen molar-refractivity contribution in [3.8, 4) is 10.7 Å². The van der Waals surface area contributed by atoms with Gasteiger partial charge in [0.2, 0.25) is 21.7 Å². The highest BCUT2D eigenvalue weighted by molar-refractivity contribution is 7.88. The van der Waals surface area contributed by atoms with E-state index in [1.807, 2.05) is 47.8 Å². The van der Waals surface area contributed by atoms with Crippen molar-refractivity contribution in [2.24, 2.45) is 0 Å². The lowest BCUT2D eigenvalue weighted by molar-refractivity contribution is 0.270. The first-order valence-electron chi connectivity index (χ1n) is 8.51. The van der Waals surface area contributed by atoms with Crippen molar-refractivity contribution in [3.05, 3.63) is 59.3 Å². The number of nitrogens with zero attached hydrogens (tertiary/aromatic N) is 3. The van der Waals surface area contributed by atoms with Gasteiger partial charge in [-0.1, -0.05) is 41.6 Å². The maximum atomic E-state index is 12.6. The maximum absolute atomic E-state index is 12.6. The van der Waals surface area contributed by atoms with Crippen LogP contribution in [-0.4, -0.2) is 36.0 Å². The second-order valence-electron chi connectivity index (χ2n) is 6.35. The molecule has 1 aliphatic rings. The molecule has 0 atom stereocenters. The molecule has 0 N–H and O–H groups in total. The zero-order valence-corrected chi connectivity index (χ0v) is 15.7. The SMILES string of the molecule is O=S(=O)(Cc1ccccc1)N1CCC(c2nc(-c3cccs3)no2)CC1. The fourth-order valence-electron chi connectivity index (χ4n) is 3.16. The summed E-state index contributed by atoms with van der Waals surface area (Å²) in [6.07, 6.45) is 1.39. The summed E-state index contributed by atoms with van der Waals surface area (Å²) in [5.74, 6) is 1.36. The van der Waals surface area contributed by atoms with Gasteiger partial charge in [-0.2, -0.15) is 4.98 Å². The summed E-state index contributed by atoms with van der Waals surface area (Å²) in [5, 5.41) is 6.02. The molecule has 8 heteroatoms. The van der Waals surface area contributed by atoms with E-state index < -0.39 is 10.0 Å². The first kappa shape index (κ1) is 17.4. The molecule has 0 spiro atoms. The van der Waals surface area contributed by atoms with E-state index in [0.29, 0.717) is 37.6 Å². The van der Waals surface area contributed by atoms with Gasteiger partial charge >= 0.3 is 0 Å². The van der Waals surface area contributed by atoms with E-state index in [2.05, 4.69) is 10.1 Å². The lowest BCUT2D eigenvalue weighted by Crippen LogP contribution is -2.38. The predicted molar refractivity (Wildman–Crippen MR) is 100 cm³/mol. The van der Waals surface area contributed by atoms with Crippen LogP contribution in [0.4, 0.5) is 0 Å². The molecule has 0 saturated carbocycles. The van der Waals surface area contributed by atoms with Crippen LogP contribution in [0.3, 0.4) is 0 Å². The van der Waals surface area contributed by atoms with Crippen LogP contribution < -0.4 is 0 Å². The minimum absolute atomic E-state index is 0.0432. The third-order valence-corrected chi connectivity index (χ3v) is 7.29. The Morgan fingerprint density at radius 2 is 1.88 bits per heavy atom. The van der Waals surface area contributed by atoms with Crippen molar-refractivity contribution >= 4 is 21.4 Å². The summed E-state index contributed by atoms with van der Waals surface area (Å²) in [6.45, 7) is 0.965. The third kappa shape index (κ3) is 3.72. The van der Waals surface area contributed by atoms with E-state index in [4.69, 9.17) is 4.52 Å². The number of piperidine rings is 1. The number of benzene rings is 1. The average molecular weight is 390 g/mol. The van der Waals surface area contributed by atoms with Crippen LogP contribution in [0.25, 0.3) is 10.7 Å². The molecule has 3 heterocycles. The molecular weight excluding hydrogens is 370 g/mol. The quantitative estimate of drug-likeness (QED) is 0.667. The van der Waals surface area contributed by atoms with Gasteiger partial charge in [0.1, 0.15) is 0 Å². The summed E-state index contributed by atoms with van der Waals surface area (Å²) >= 11 is 1.57. The van der Waals surface area contributed by atoms with Crippen LogP contribution in [-0.2, 0) is 15.8 Å². The van der Waals surface area contributed by atoms with Crippen LogP contribution in [0.2, 0.25) is 0 Å². The van der Waals surface area contributed by atoms with Gasteiger partial charge in [-0.25, -0.2) is 12.7 Å². The van der Waals surface area contributed by atoms with Crippen molar-refractivity contribution < 1.29 is 12.9 Å². The Hall–Kier alpha value is -2.03. The second-order valence-corrected chi connectivity index (χ2v) is 9.27. The van der Waals surface area contributed by atoms with E-state index in [9.17, 15) is 8.42 Å². The number of aromatic nitrogens is 2. The molecule has 1 aliphatic heterocycles. The Morgan fingerprint density at radius 1 is 1.12 bits per heavy atom. The molecule has 0 radical (unpaired) electrons. The monoisotopic (exact) mass is 389 g/mol. The smallest absolute Gasteiger partial charge is 0.230 e. The minimum Gasteiger partial charge on any atom is -0.339 e. The Balaban J connectivity index is 1.39. The standard InChI is InChI=1S/C18H19N3O3S2/c22-26(23,13-14-5-2-1-3-6-14)21-10-8-15(9-11-21)18-19-17(20-24-18)16-7-4-12-25-16/h1-7,12,15H,8-11,13H2. The normalized spacial score (nSPS) is 16.8. The van der Waals surface area contributed by atoms with Gasteiger partial charge < -0.3 is 4.52 Å². The number of thiophene rings is 1. The molecule has 1 saturated heterocycles. The van der Waals surface area contributed by atoms with Crippen LogP contribution in [0.1, 0.15) is 30.2 Å². The van der Waals surface area contributed by atoms with E-state index in [0.717, 1.165) is 10.4 Å². The van der Waals surface area contributed by atoms with Crippen molar-refractivity contribution in [2.45, 2.75) is 24.5 Å². The molecule has 0 unspecified atom stereocenters. The molecular formula is C18H19N3O3S2. The summed E-state index contributed by atoms with van der Waals surface area (Å²) < 4.78 is 32.3. The molecule has 0 aliphatic carbocycles. The predicted octanol–water partition coefficient (Wildman–Crippen LogP) is 3.51. The van der Waals surface area contributed by atoms with Crippen LogP contribution in [0.5, 0.6) is 0 Å². The molecule has 1 aromatic carbocycles. The molecule has 0 amide bonds. The highest BCUT2D eigenvalue weighted by Gasteiger charge is 2.31. The minimum atomic E-state index is -3.30. The number of hydrogen-bond acceptors (Lipinski definition) is 6. The highest BCUT2D eigenvalue weighted by Crippen LogP contribution is 2.31. The van der Waals surface area contributed by atoms with Crippen molar-refractivity contribution in [1.82, 2.24) is 14.4 Å². The average Bonchev–Trinajstić information content (AvgIpc) is 3.34. The third-order valence-electron chi connectivity index (χ3n) is 4.57. The van der Waals surface area contributed by atoms with E-state index in [-0.39, 0.29) is 11.7 Å². The van der Waals surface area contributed by atoms with Gasteiger partial charge in [0, 0.05) is 19.0 Å². The highest BCUT2D eigenvalue weighted by atomic mass is 32.2. The van der Waals surface area contributed by atoms with Crippen LogP contribution in [0.15, 0.2) is 52.4 Å². The van der Waals surface area contributed by atoms with Gasteiger partial charge in [0.25, 0.3) is 0 Å². The zero-order chi connectivity index (χ0) is 18.0. The number of rotatable bonds is 5. The molecule has 2 aromatic heterocycles. The summed E-state index contributed by atoms with van der Waals surface area (Å²) in [4.78, 5) is 5.47. The summed E-state index contributed by atoms with van der Waals surface area (Å²) in [6, 6.07) is 13.2. The fraction of sp³-hybridized carbons (Fsp3) is 0.333. The lowest BCUT2D eigenvalue weighted by Gasteiger charge is -2.29. The molecule has 3 aromatic rings. The van der Waals surface area contributed by atoms with E-state index >= 15 is 0 Å². The summed E-state index contributed by atoms with van der Waals surface area (Å²) in [7, 11) is -3.30. The number of hydrogen-bond donors (Lipinski definition) is 0. The van der Waals surface area contributed by atoms with Gasteiger partial charge in [-0.15, -0.1) is 11.3 Å². The van der Waals surface area contributed by atoms with Crippen molar-refractivity contribution in [2.75, 3.05) is 13.1 Å². The lowest BCUT2D eigenvalue weighted by atomic mass is 9.98. The largest absolute Gasteiger partial charge is 0.339 e. The fourth-order valence-corrected chi connectivity index (χ4v) is 5.38. The van der Waals surface area contributed by atoms with Gasteiger partial charge in [-0.3, -0.25) is 0 Å². The van der Waals surface area contributed by atoms with Crippen LogP contribution in [0, 0.1) is 0 Å². The Labute approximate surface area is 156 Å². The molecule has 0 bridgehead atoms. The van der Waals surface area contributed by atoms with Gasteiger partial charge in [0.15, 0.2) is 0 Å². The van der Waals surface area contributed by atoms with Gasteiger partial charge in [0.05, 0.1) is 10.6 Å². The molecule has 136 valence electrons. The Bertz CT molecular complexity index is 945. The molecule has 6 nitrogen and oxygen atoms in total. The Morgan fingerprint density at radius 3 is 2.58 bits per heavy atom.